The molecular formula is C13H14F2O4S. The van der Waals surface area contributed by atoms with E-state index < -0.39 is 34.1 Å². The lowest BCUT2D eigenvalue weighted by Gasteiger charge is -2.07. The molecule has 0 aromatic heterocycles. The van der Waals surface area contributed by atoms with Crippen LogP contribution in [0.1, 0.15) is 23.7 Å². The van der Waals surface area contributed by atoms with Crippen molar-refractivity contribution in [1.82, 2.24) is 0 Å². The third-order valence-electron chi connectivity index (χ3n) is 3.20. The summed E-state index contributed by atoms with van der Waals surface area (Å²) < 4.78 is 52.9. The molecule has 0 spiro atoms. The second kappa shape index (κ2) is 5.47. The maximum Gasteiger partial charge on any atom is 0.309 e. The first-order valence-electron chi connectivity index (χ1n) is 6.10. The van der Waals surface area contributed by atoms with Gasteiger partial charge in [0.25, 0.3) is 0 Å². The largest absolute Gasteiger partial charge is 0.382 e. The molecule has 7 heteroatoms. The Morgan fingerprint density at radius 3 is 2.40 bits per heavy atom. The molecule has 4 nitrogen and oxygen atoms in total. The summed E-state index contributed by atoms with van der Waals surface area (Å²) in [6, 6.07) is 5.64. The van der Waals surface area contributed by atoms with Gasteiger partial charge in [-0.2, -0.15) is 8.42 Å². The van der Waals surface area contributed by atoms with Crippen LogP contribution in [0.2, 0.25) is 0 Å². The number of carbonyl (C=O) groups excluding carboxylic acids is 1. The topological polar surface area (TPSA) is 60.4 Å². The number of Topliss-reactive ketones (excluding diaryl/α,β-unsaturated/α-hetero) is 1. The fraction of sp³-hybridized carbons (Fsp3) is 0.462. The summed E-state index contributed by atoms with van der Waals surface area (Å²) in [4.78, 5) is 11.1. The van der Waals surface area contributed by atoms with Gasteiger partial charge in [-0.15, -0.1) is 0 Å². The highest BCUT2D eigenvalue weighted by Crippen LogP contribution is 2.44. The highest BCUT2D eigenvalue weighted by Gasteiger charge is 2.46. The van der Waals surface area contributed by atoms with Crippen LogP contribution in [0.3, 0.4) is 0 Å². The number of ketones is 1. The predicted molar refractivity (Wildman–Crippen MR) is 68.5 cm³/mol. The molecule has 0 amide bonds. The van der Waals surface area contributed by atoms with Gasteiger partial charge >= 0.3 is 10.1 Å². The standard InChI is InChI=1S/C13H14F2O4S/c1-8(16)9-2-4-11(5-3-9)19-20(17,18)7-10-6-12(10)13(14)15/h2-5,10,12-13H,6-7H2,1H3/t10-,12+/m0/s1. The molecule has 1 fully saturated rings. The van der Waals surface area contributed by atoms with Crippen LogP contribution in [0.15, 0.2) is 24.3 Å². The molecule has 0 N–H and O–H groups in total. The molecule has 1 saturated carbocycles. The van der Waals surface area contributed by atoms with Gasteiger partial charge < -0.3 is 4.18 Å². The summed E-state index contributed by atoms with van der Waals surface area (Å²) in [6.07, 6.45) is -2.27. The molecule has 0 saturated heterocycles. The van der Waals surface area contributed by atoms with E-state index in [9.17, 15) is 22.0 Å². The summed E-state index contributed by atoms with van der Waals surface area (Å²) in [7, 11) is -3.89. The maximum atomic E-state index is 12.3. The Morgan fingerprint density at radius 1 is 1.35 bits per heavy atom. The van der Waals surface area contributed by atoms with Crippen LogP contribution in [-0.2, 0) is 10.1 Å². The predicted octanol–water partition coefficient (Wildman–Crippen LogP) is 2.50. The Balaban J connectivity index is 1.96. The van der Waals surface area contributed by atoms with Crippen LogP contribution in [0.5, 0.6) is 5.75 Å². The number of alkyl halides is 2. The van der Waals surface area contributed by atoms with E-state index in [-0.39, 0.29) is 18.0 Å². The van der Waals surface area contributed by atoms with Crippen LogP contribution in [0.4, 0.5) is 8.78 Å². The number of carbonyl (C=O) groups is 1. The molecule has 0 radical (unpaired) electrons. The molecule has 2 rings (SSSR count). The van der Waals surface area contributed by atoms with Crippen molar-refractivity contribution >= 4 is 15.9 Å². The van der Waals surface area contributed by atoms with Gasteiger partial charge in [-0.05, 0) is 43.5 Å². The zero-order valence-electron chi connectivity index (χ0n) is 10.8. The van der Waals surface area contributed by atoms with Gasteiger partial charge in [0.1, 0.15) is 5.75 Å². The zero-order valence-corrected chi connectivity index (χ0v) is 11.6. The van der Waals surface area contributed by atoms with E-state index in [1.54, 1.807) is 0 Å². The highest BCUT2D eigenvalue weighted by molar-refractivity contribution is 7.87. The molecule has 20 heavy (non-hydrogen) atoms. The Kier molecular flexibility index (Phi) is 4.08. The lowest BCUT2D eigenvalue weighted by Crippen LogP contribution is -2.16. The smallest absolute Gasteiger partial charge is 0.309 e. The van der Waals surface area contributed by atoms with E-state index in [1.165, 1.54) is 31.2 Å². The normalized spacial score (nSPS) is 21.8. The third-order valence-corrected chi connectivity index (χ3v) is 4.49. The highest BCUT2D eigenvalue weighted by atomic mass is 32.2. The third kappa shape index (κ3) is 3.75. The molecule has 1 aromatic carbocycles. The Labute approximate surface area is 115 Å². The number of hydrogen-bond acceptors (Lipinski definition) is 4. The molecular weight excluding hydrogens is 290 g/mol. The lowest BCUT2D eigenvalue weighted by molar-refractivity contribution is 0.101. The van der Waals surface area contributed by atoms with Crippen molar-refractivity contribution in [2.45, 2.75) is 19.8 Å². The van der Waals surface area contributed by atoms with Crippen molar-refractivity contribution < 1.29 is 26.2 Å². The number of rotatable bonds is 6. The molecule has 2 atom stereocenters. The van der Waals surface area contributed by atoms with Crippen molar-refractivity contribution in [2.24, 2.45) is 11.8 Å². The minimum Gasteiger partial charge on any atom is -0.382 e. The van der Waals surface area contributed by atoms with Gasteiger partial charge in [0.15, 0.2) is 5.78 Å². The molecule has 1 aliphatic carbocycles. The minimum absolute atomic E-state index is 0.0734. The van der Waals surface area contributed by atoms with Crippen LogP contribution in [0.25, 0.3) is 0 Å². The Bertz CT molecular complexity index is 595. The van der Waals surface area contributed by atoms with Crippen molar-refractivity contribution in [1.29, 1.82) is 0 Å². The maximum absolute atomic E-state index is 12.3. The molecule has 110 valence electrons. The Morgan fingerprint density at radius 2 is 1.95 bits per heavy atom. The van der Waals surface area contributed by atoms with Crippen molar-refractivity contribution in [3.8, 4) is 5.75 Å². The van der Waals surface area contributed by atoms with E-state index >= 15 is 0 Å². The van der Waals surface area contributed by atoms with E-state index in [2.05, 4.69) is 0 Å². The van der Waals surface area contributed by atoms with Crippen molar-refractivity contribution in [3.05, 3.63) is 29.8 Å². The Hall–Kier alpha value is -1.50. The van der Waals surface area contributed by atoms with E-state index in [4.69, 9.17) is 4.18 Å². The lowest BCUT2D eigenvalue weighted by atomic mass is 10.1. The minimum atomic E-state index is -3.89. The SMILES string of the molecule is CC(=O)c1ccc(OS(=O)(=O)C[C@@H]2C[C@H]2C(F)F)cc1. The first kappa shape index (κ1) is 14.9. The number of benzene rings is 1. The van der Waals surface area contributed by atoms with Crippen LogP contribution >= 0.6 is 0 Å². The summed E-state index contributed by atoms with van der Waals surface area (Å²) in [5.74, 6) is -1.84. The van der Waals surface area contributed by atoms with Gasteiger partial charge in [-0.3, -0.25) is 4.79 Å². The first-order chi connectivity index (χ1) is 9.28. The van der Waals surface area contributed by atoms with Crippen molar-refractivity contribution in [2.75, 3.05) is 5.75 Å². The van der Waals surface area contributed by atoms with Gasteiger partial charge in [0.2, 0.25) is 6.43 Å². The molecule has 0 aliphatic heterocycles. The fourth-order valence-electron chi connectivity index (χ4n) is 1.96. The van der Waals surface area contributed by atoms with Gasteiger partial charge in [0, 0.05) is 11.5 Å². The summed E-state index contributed by atoms with van der Waals surface area (Å²) in [6.45, 7) is 1.39. The van der Waals surface area contributed by atoms with Gasteiger partial charge in [-0.1, -0.05) is 0 Å². The van der Waals surface area contributed by atoms with Crippen LogP contribution < -0.4 is 4.18 Å². The summed E-state index contributed by atoms with van der Waals surface area (Å²) in [5, 5.41) is 0. The monoisotopic (exact) mass is 304 g/mol. The second-order valence-electron chi connectivity index (χ2n) is 4.88. The molecule has 0 heterocycles. The van der Waals surface area contributed by atoms with Crippen LogP contribution in [-0.4, -0.2) is 26.4 Å². The molecule has 1 aliphatic rings. The van der Waals surface area contributed by atoms with Crippen molar-refractivity contribution in [3.63, 3.8) is 0 Å². The fourth-order valence-corrected chi connectivity index (χ4v) is 3.34. The first-order valence-corrected chi connectivity index (χ1v) is 7.67. The summed E-state index contributed by atoms with van der Waals surface area (Å²) in [5.41, 5.74) is 0.440. The second-order valence-corrected chi connectivity index (χ2v) is 6.50. The van der Waals surface area contributed by atoms with E-state index in [1.807, 2.05) is 0 Å². The summed E-state index contributed by atoms with van der Waals surface area (Å²) >= 11 is 0. The van der Waals surface area contributed by atoms with E-state index in [0.717, 1.165) is 0 Å². The van der Waals surface area contributed by atoms with Gasteiger partial charge in [0.05, 0.1) is 5.75 Å². The van der Waals surface area contributed by atoms with Gasteiger partial charge in [-0.25, -0.2) is 8.78 Å². The van der Waals surface area contributed by atoms with E-state index in [0.29, 0.717) is 5.56 Å². The quantitative estimate of drug-likeness (QED) is 0.598. The molecule has 0 unspecified atom stereocenters. The molecule has 1 aromatic rings. The van der Waals surface area contributed by atoms with Crippen LogP contribution in [0, 0.1) is 11.8 Å². The zero-order chi connectivity index (χ0) is 14.9. The average Bonchev–Trinajstić information content (AvgIpc) is 3.07. The number of halogens is 2. The number of hydrogen-bond donors (Lipinski definition) is 0. The average molecular weight is 304 g/mol. The molecule has 0 bridgehead atoms.